The summed E-state index contributed by atoms with van der Waals surface area (Å²) in [6.07, 6.45) is 0.0708. The lowest BCUT2D eigenvalue weighted by molar-refractivity contribution is -0.142. The van der Waals surface area contributed by atoms with Crippen LogP contribution in [0.15, 0.2) is 0 Å². The van der Waals surface area contributed by atoms with E-state index in [-0.39, 0.29) is 31.0 Å². The molecule has 1 aliphatic rings. The molecule has 1 aliphatic heterocycles. The van der Waals surface area contributed by atoms with Crippen molar-refractivity contribution in [3.8, 4) is 0 Å². The van der Waals surface area contributed by atoms with Gasteiger partial charge in [-0.3, -0.25) is 4.79 Å². The maximum atomic E-state index is 10.3. The molecule has 0 radical (unpaired) electrons. The molecule has 12 heavy (non-hydrogen) atoms. The smallest absolute Gasteiger partial charge is 0.306 e. The van der Waals surface area contributed by atoms with Crippen LogP contribution in [-0.2, 0) is 9.53 Å². The van der Waals surface area contributed by atoms with E-state index in [1.54, 1.807) is 0 Å². The van der Waals surface area contributed by atoms with Gasteiger partial charge in [0.1, 0.15) is 0 Å². The van der Waals surface area contributed by atoms with Gasteiger partial charge in [-0.1, -0.05) is 0 Å². The van der Waals surface area contributed by atoms with E-state index in [1.165, 1.54) is 0 Å². The number of carboxylic acid groups (broad SMARTS) is 1. The predicted molar refractivity (Wildman–Crippen MR) is 46.7 cm³/mol. The molecule has 0 unspecified atom stereocenters. The molecule has 1 fully saturated rings. The van der Waals surface area contributed by atoms with Crippen molar-refractivity contribution in [1.82, 2.24) is 5.32 Å². The molecule has 0 aliphatic carbocycles. The average Bonchev–Trinajstić information content (AvgIpc) is 1.85. The Morgan fingerprint density at radius 3 is 2.83 bits per heavy atom. The first-order valence-electron chi connectivity index (χ1n) is 3.76. The van der Waals surface area contributed by atoms with Crippen molar-refractivity contribution in [2.24, 2.45) is 0 Å². The van der Waals surface area contributed by atoms with Crippen molar-refractivity contribution in [2.75, 3.05) is 13.1 Å². The van der Waals surface area contributed by atoms with Crippen LogP contribution in [0.4, 0.5) is 0 Å². The van der Waals surface area contributed by atoms with Crippen LogP contribution in [0, 0.1) is 0 Å². The highest BCUT2D eigenvalue weighted by atomic mass is 35.5. The van der Waals surface area contributed by atoms with Crippen molar-refractivity contribution >= 4 is 18.4 Å². The minimum Gasteiger partial charge on any atom is -0.481 e. The second kappa shape index (κ2) is 5.35. The molecule has 0 bridgehead atoms. The van der Waals surface area contributed by atoms with Crippen molar-refractivity contribution in [3.63, 3.8) is 0 Å². The number of morpholine rings is 1. The summed E-state index contributed by atoms with van der Waals surface area (Å²) in [5.74, 6) is -0.800. The molecule has 1 saturated heterocycles. The van der Waals surface area contributed by atoms with Gasteiger partial charge in [0.15, 0.2) is 0 Å². The van der Waals surface area contributed by atoms with Crippen LogP contribution in [0.3, 0.4) is 0 Å². The molecule has 2 N–H and O–H groups in total. The Labute approximate surface area is 77.7 Å². The zero-order valence-corrected chi connectivity index (χ0v) is 7.76. The second-order valence-electron chi connectivity index (χ2n) is 2.82. The van der Waals surface area contributed by atoms with Gasteiger partial charge >= 0.3 is 5.97 Å². The van der Waals surface area contributed by atoms with Crippen LogP contribution in [0.25, 0.3) is 0 Å². The van der Waals surface area contributed by atoms with Crippen LogP contribution in [0.2, 0.25) is 0 Å². The van der Waals surface area contributed by atoms with E-state index in [0.29, 0.717) is 6.54 Å². The van der Waals surface area contributed by atoms with E-state index in [0.717, 1.165) is 6.54 Å². The Balaban J connectivity index is 0.00000121. The summed E-state index contributed by atoms with van der Waals surface area (Å²) in [4.78, 5) is 10.3. The standard InChI is InChI=1S/C7H13NO3.ClH/c1-5-3-8-4-6(11-5)2-7(9)10;/h5-6,8H,2-4H2,1H3,(H,9,10);1H/t5-,6+;/m1./s1. The molecule has 1 heterocycles. The van der Waals surface area contributed by atoms with E-state index >= 15 is 0 Å². The monoisotopic (exact) mass is 195 g/mol. The van der Waals surface area contributed by atoms with E-state index < -0.39 is 5.97 Å². The van der Waals surface area contributed by atoms with Gasteiger partial charge in [-0.05, 0) is 6.92 Å². The maximum absolute atomic E-state index is 10.3. The summed E-state index contributed by atoms with van der Waals surface area (Å²) < 4.78 is 5.35. The maximum Gasteiger partial charge on any atom is 0.306 e. The third kappa shape index (κ3) is 3.90. The van der Waals surface area contributed by atoms with Gasteiger partial charge in [0.05, 0.1) is 18.6 Å². The molecular formula is C7H14ClNO3. The van der Waals surface area contributed by atoms with Crippen LogP contribution in [-0.4, -0.2) is 36.4 Å². The number of nitrogens with one attached hydrogen (secondary N) is 1. The zero-order valence-electron chi connectivity index (χ0n) is 6.95. The minimum atomic E-state index is -0.800. The van der Waals surface area contributed by atoms with E-state index in [1.807, 2.05) is 6.92 Å². The first-order chi connectivity index (χ1) is 5.18. The molecule has 0 spiro atoms. The SMILES string of the molecule is C[C@@H]1CNC[C@H](CC(=O)O)O1.Cl. The number of carbonyl (C=O) groups is 1. The number of ether oxygens (including phenoxy) is 1. The molecule has 0 aromatic rings. The van der Waals surface area contributed by atoms with Crippen molar-refractivity contribution in [2.45, 2.75) is 25.6 Å². The number of halogens is 1. The van der Waals surface area contributed by atoms with Gasteiger partial charge in [-0.15, -0.1) is 12.4 Å². The van der Waals surface area contributed by atoms with Gasteiger partial charge in [-0.2, -0.15) is 0 Å². The highest BCUT2D eigenvalue weighted by Crippen LogP contribution is 2.06. The van der Waals surface area contributed by atoms with Gasteiger partial charge in [-0.25, -0.2) is 0 Å². The Bertz CT molecular complexity index is 154. The van der Waals surface area contributed by atoms with Crippen molar-refractivity contribution in [3.05, 3.63) is 0 Å². The van der Waals surface area contributed by atoms with Crippen LogP contribution >= 0.6 is 12.4 Å². The molecule has 72 valence electrons. The molecule has 0 aromatic carbocycles. The van der Waals surface area contributed by atoms with Crippen molar-refractivity contribution < 1.29 is 14.6 Å². The lowest BCUT2D eigenvalue weighted by Gasteiger charge is -2.27. The zero-order chi connectivity index (χ0) is 8.27. The van der Waals surface area contributed by atoms with Gasteiger partial charge < -0.3 is 15.2 Å². The lowest BCUT2D eigenvalue weighted by atomic mass is 10.2. The topological polar surface area (TPSA) is 58.6 Å². The van der Waals surface area contributed by atoms with E-state index in [4.69, 9.17) is 9.84 Å². The predicted octanol–water partition coefficient (Wildman–Crippen LogP) is 0.260. The number of rotatable bonds is 2. The Kier molecular flexibility index (Phi) is 5.20. The highest BCUT2D eigenvalue weighted by Gasteiger charge is 2.20. The minimum absolute atomic E-state index is 0. The fourth-order valence-corrected chi connectivity index (χ4v) is 1.19. The van der Waals surface area contributed by atoms with Gasteiger partial charge in [0.2, 0.25) is 0 Å². The summed E-state index contributed by atoms with van der Waals surface area (Å²) in [7, 11) is 0. The van der Waals surface area contributed by atoms with Gasteiger partial charge in [0, 0.05) is 13.1 Å². The average molecular weight is 196 g/mol. The Morgan fingerprint density at radius 2 is 2.33 bits per heavy atom. The van der Waals surface area contributed by atoms with Crippen molar-refractivity contribution in [1.29, 1.82) is 0 Å². The first-order valence-corrected chi connectivity index (χ1v) is 3.76. The molecule has 2 atom stereocenters. The molecule has 1 rings (SSSR count). The summed E-state index contributed by atoms with van der Waals surface area (Å²) in [6, 6.07) is 0. The largest absolute Gasteiger partial charge is 0.481 e. The molecule has 5 heteroatoms. The van der Waals surface area contributed by atoms with E-state index in [2.05, 4.69) is 5.32 Å². The molecular weight excluding hydrogens is 182 g/mol. The fourth-order valence-electron chi connectivity index (χ4n) is 1.19. The number of carboxylic acids is 1. The van der Waals surface area contributed by atoms with Crippen LogP contribution in [0.1, 0.15) is 13.3 Å². The number of aliphatic carboxylic acids is 1. The Morgan fingerprint density at radius 1 is 1.67 bits per heavy atom. The summed E-state index contributed by atoms with van der Waals surface area (Å²) in [5.41, 5.74) is 0. The summed E-state index contributed by atoms with van der Waals surface area (Å²) in [5, 5.41) is 11.5. The normalized spacial score (nSPS) is 29.1. The molecule has 0 amide bonds. The fraction of sp³-hybridized carbons (Fsp3) is 0.857. The summed E-state index contributed by atoms with van der Waals surface area (Å²) >= 11 is 0. The summed E-state index contributed by atoms with van der Waals surface area (Å²) in [6.45, 7) is 3.40. The van der Waals surface area contributed by atoms with Crippen LogP contribution in [0.5, 0.6) is 0 Å². The number of hydrogen-bond donors (Lipinski definition) is 2. The molecule has 0 saturated carbocycles. The quantitative estimate of drug-likeness (QED) is 0.664. The second-order valence-corrected chi connectivity index (χ2v) is 2.82. The lowest BCUT2D eigenvalue weighted by Crippen LogP contribution is -2.44. The third-order valence-corrected chi connectivity index (χ3v) is 1.63. The molecule has 0 aromatic heterocycles. The molecule has 4 nitrogen and oxygen atoms in total. The van der Waals surface area contributed by atoms with E-state index in [9.17, 15) is 4.79 Å². The first kappa shape index (κ1) is 11.7. The highest BCUT2D eigenvalue weighted by molar-refractivity contribution is 5.85. The number of hydrogen-bond acceptors (Lipinski definition) is 3. The third-order valence-electron chi connectivity index (χ3n) is 1.63. The Hall–Kier alpha value is -0.320. The van der Waals surface area contributed by atoms with Crippen LogP contribution < -0.4 is 5.32 Å². The van der Waals surface area contributed by atoms with Gasteiger partial charge in [0.25, 0.3) is 0 Å².